The fourth-order valence-corrected chi connectivity index (χ4v) is 4.16. The van der Waals surface area contributed by atoms with Crippen molar-refractivity contribution in [3.05, 3.63) is 35.9 Å². The van der Waals surface area contributed by atoms with E-state index < -0.39 is 41.5 Å². The van der Waals surface area contributed by atoms with Gasteiger partial charge in [-0.3, -0.25) is 4.90 Å². The number of nitrogens with zero attached hydrogens (tertiary/aromatic N) is 4. The van der Waals surface area contributed by atoms with Crippen molar-refractivity contribution in [2.24, 2.45) is 5.92 Å². The highest BCUT2D eigenvalue weighted by Gasteiger charge is 2.43. The van der Waals surface area contributed by atoms with Gasteiger partial charge >= 0.3 is 6.09 Å². The normalized spacial score (nSPS) is 13.9. The number of hydrogen-bond acceptors (Lipinski definition) is 5. The summed E-state index contributed by atoms with van der Waals surface area (Å²) in [5.74, 6) is -0.871. The van der Waals surface area contributed by atoms with Gasteiger partial charge in [0.15, 0.2) is 5.82 Å². The van der Waals surface area contributed by atoms with E-state index in [0.29, 0.717) is 6.42 Å². The van der Waals surface area contributed by atoms with Crippen molar-refractivity contribution in [1.82, 2.24) is 19.9 Å². The highest BCUT2D eigenvalue weighted by atomic mass is 19.3. The quantitative estimate of drug-likeness (QED) is 0.414. The summed E-state index contributed by atoms with van der Waals surface area (Å²) in [6.45, 7) is 10.6. The molecule has 0 aliphatic carbocycles. The smallest absolute Gasteiger partial charge is 0.408 e. The van der Waals surface area contributed by atoms with Crippen molar-refractivity contribution < 1.29 is 32.2 Å². The molecule has 2 aromatic heterocycles. The van der Waals surface area contributed by atoms with E-state index in [1.807, 2.05) is 13.8 Å². The summed E-state index contributed by atoms with van der Waals surface area (Å²) in [4.78, 5) is 24.4. The molecule has 1 atom stereocenters. The standard InChI is InChI=1S/C23H30F4N4O3/c1-13(2)11-23(6,31(21(32)33)22(3,4)5)12-34-16-8-7-14(29-17(16)18(24)25)15-9-10-28-20(30-15)19(26)27/h7-10,13,18-19H,11-12H2,1-6H3,(H,32,33). The van der Waals surface area contributed by atoms with E-state index in [2.05, 4.69) is 15.0 Å². The number of pyridine rings is 1. The Kier molecular flexibility index (Phi) is 8.44. The molecule has 0 aliphatic rings. The maximum absolute atomic E-state index is 13.8. The lowest BCUT2D eigenvalue weighted by Crippen LogP contribution is -2.61. The molecule has 2 heterocycles. The van der Waals surface area contributed by atoms with Crippen LogP contribution in [0.2, 0.25) is 0 Å². The van der Waals surface area contributed by atoms with Gasteiger partial charge in [0.1, 0.15) is 18.1 Å². The van der Waals surface area contributed by atoms with Crippen LogP contribution in [0.3, 0.4) is 0 Å². The molecule has 1 amide bonds. The van der Waals surface area contributed by atoms with Crippen LogP contribution in [0.1, 0.15) is 72.3 Å². The van der Waals surface area contributed by atoms with Crippen LogP contribution < -0.4 is 4.74 Å². The second kappa shape index (κ2) is 10.5. The summed E-state index contributed by atoms with van der Waals surface area (Å²) in [5.41, 5.74) is -2.58. The molecule has 0 aromatic carbocycles. The van der Waals surface area contributed by atoms with Crippen molar-refractivity contribution in [2.75, 3.05) is 6.61 Å². The van der Waals surface area contributed by atoms with E-state index in [9.17, 15) is 27.5 Å². The first-order valence-electron chi connectivity index (χ1n) is 10.7. The highest BCUT2D eigenvalue weighted by Crippen LogP contribution is 2.35. The Labute approximate surface area is 196 Å². The van der Waals surface area contributed by atoms with E-state index >= 15 is 0 Å². The number of rotatable bonds is 9. The Hall–Kier alpha value is -2.98. The number of alkyl halides is 4. The van der Waals surface area contributed by atoms with Crippen molar-refractivity contribution in [3.63, 3.8) is 0 Å². The third kappa shape index (κ3) is 6.54. The molecule has 1 N–H and O–H groups in total. The lowest BCUT2D eigenvalue weighted by Gasteiger charge is -2.47. The third-order valence-corrected chi connectivity index (χ3v) is 5.01. The molecule has 2 aromatic rings. The van der Waals surface area contributed by atoms with Crippen LogP contribution in [0.25, 0.3) is 11.4 Å². The van der Waals surface area contributed by atoms with Crippen LogP contribution in [-0.4, -0.2) is 48.7 Å². The molecule has 188 valence electrons. The fourth-order valence-electron chi connectivity index (χ4n) is 4.16. The number of halogens is 4. The van der Waals surface area contributed by atoms with Gasteiger partial charge in [-0.25, -0.2) is 37.3 Å². The van der Waals surface area contributed by atoms with Crippen LogP contribution >= 0.6 is 0 Å². The van der Waals surface area contributed by atoms with Gasteiger partial charge in [0.05, 0.1) is 16.9 Å². The van der Waals surface area contributed by atoms with E-state index in [1.54, 1.807) is 27.7 Å². The van der Waals surface area contributed by atoms with Crippen molar-refractivity contribution in [2.45, 2.75) is 71.9 Å². The van der Waals surface area contributed by atoms with Gasteiger partial charge in [-0.15, -0.1) is 0 Å². The Morgan fingerprint density at radius 1 is 1.03 bits per heavy atom. The van der Waals surface area contributed by atoms with Gasteiger partial charge in [0.25, 0.3) is 12.9 Å². The fraction of sp³-hybridized carbons (Fsp3) is 0.565. The number of carbonyl (C=O) groups is 1. The summed E-state index contributed by atoms with van der Waals surface area (Å²) < 4.78 is 59.2. The number of ether oxygens (including phenoxy) is 1. The number of amides is 1. The predicted molar refractivity (Wildman–Crippen MR) is 118 cm³/mol. The molecule has 11 heteroatoms. The summed E-state index contributed by atoms with van der Waals surface area (Å²) in [6.07, 6.45) is -5.58. The van der Waals surface area contributed by atoms with Crippen LogP contribution in [0.4, 0.5) is 22.4 Å². The molecule has 0 radical (unpaired) electrons. The van der Waals surface area contributed by atoms with Gasteiger partial charge in [0, 0.05) is 11.7 Å². The largest absolute Gasteiger partial charge is 0.489 e. The van der Waals surface area contributed by atoms with Gasteiger partial charge in [0.2, 0.25) is 0 Å². The molecule has 0 fully saturated rings. The maximum Gasteiger partial charge on any atom is 0.408 e. The Morgan fingerprint density at radius 2 is 1.65 bits per heavy atom. The second-order valence-corrected chi connectivity index (χ2v) is 9.65. The predicted octanol–water partition coefficient (Wildman–Crippen LogP) is 6.38. The minimum Gasteiger partial charge on any atom is -0.489 e. The number of hydrogen-bond donors (Lipinski definition) is 1. The van der Waals surface area contributed by atoms with Crippen molar-refractivity contribution >= 4 is 6.09 Å². The summed E-state index contributed by atoms with van der Waals surface area (Å²) in [5, 5.41) is 9.89. The summed E-state index contributed by atoms with van der Waals surface area (Å²) >= 11 is 0. The zero-order chi connectivity index (χ0) is 25.8. The zero-order valence-electron chi connectivity index (χ0n) is 20.0. The van der Waals surface area contributed by atoms with E-state index in [1.165, 1.54) is 23.1 Å². The van der Waals surface area contributed by atoms with Crippen LogP contribution in [0.5, 0.6) is 5.75 Å². The van der Waals surface area contributed by atoms with E-state index in [-0.39, 0.29) is 29.7 Å². The zero-order valence-corrected chi connectivity index (χ0v) is 20.0. The van der Waals surface area contributed by atoms with E-state index in [4.69, 9.17) is 4.74 Å². The maximum atomic E-state index is 13.8. The molecule has 0 saturated carbocycles. The first-order valence-corrected chi connectivity index (χ1v) is 10.7. The molecule has 1 unspecified atom stereocenters. The van der Waals surface area contributed by atoms with Gasteiger partial charge in [-0.1, -0.05) is 13.8 Å². The van der Waals surface area contributed by atoms with Gasteiger partial charge in [-0.2, -0.15) is 0 Å². The Balaban J connectivity index is 2.43. The molecule has 2 rings (SSSR count). The van der Waals surface area contributed by atoms with E-state index in [0.717, 1.165) is 6.20 Å². The second-order valence-electron chi connectivity index (χ2n) is 9.65. The first kappa shape index (κ1) is 27.3. The lowest BCUT2D eigenvalue weighted by molar-refractivity contribution is -0.0118. The minimum absolute atomic E-state index is 0.0341. The molecule has 0 spiro atoms. The molecular formula is C23H30F4N4O3. The first-order chi connectivity index (χ1) is 15.7. The van der Waals surface area contributed by atoms with Gasteiger partial charge in [-0.05, 0) is 58.2 Å². The third-order valence-electron chi connectivity index (χ3n) is 5.01. The molecule has 0 bridgehead atoms. The Morgan fingerprint density at radius 3 is 2.15 bits per heavy atom. The molecule has 0 saturated heterocycles. The molecule has 0 aliphatic heterocycles. The van der Waals surface area contributed by atoms with Crippen molar-refractivity contribution in [3.8, 4) is 17.1 Å². The lowest BCUT2D eigenvalue weighted by atomic mass is 9.86. The molecule has 34 heavy (non-hydrogen) atoms. The molecular weight excluding hydrogens is 456 g/mol. The minimum atomic E-state index is -3.03. The average Bonchev–Trinajstić information content (AvgIpc) is 2.70. The van der Waals surface area contributed by atoms with Gasteiger partial charge < -0.3 is 9.84 Å². The topological polar surface area (TPSA) is 88.4 Å². The summed E-state index contributed by atoms with van der Waals surface area (Å²) in [7, 11) is 0. The van der Waals surface area contributed by atoms with Crippen LogP contribution in [0.15, 0.2) is 24.4 Å². The SMILES string of the molecule is CC(C)CC(C)(COc1ccc(-c2ccnc(C(F)F)n2)nc1C(F)F)N(C(=O)O)C(C)(C)C. The van der Waals surface area contributed by atoms with Crippen LogP contribution in [-0.2, 0) is 0 Å². The number of carboxylic acid groups (broad SMARTS) is 1. The highest BCUT2D eigenvalue weighted by molar-refractivity contribution is 5.67. The summed E-state index contributed by atoms with van der Waals surface area (Å²) in [6, 6.07) is 3.88. The van der Waals surface area contributed by atoms with Crippen molar-refractivity contribution in [1.29, 1.82) is 0 Å². The Bertz CT molecular complexity index is 998. The average molecular weight is 487 g/mol. The number of aromatic nitrogens is 3. The monoisotopic (exact) mass is 486 g/mol. The molecule has 7 nitrogen and oxygen atoms in total. The van der Waals surface area contributed by atoms with Crippen LogP contribution in [0, 0.1) is 5.92 Å².